The molecule has 4 N–H and O–H groups in total. The zero-order valence-corrected chi connectivity index (χ0v) is 21.5. The number of nitrogen functional groups attached to an aromatic ring is 1. The highest BCUT2D eigenvalue weighted by molar-refractivity contribution is 5.94. The van der Waals surface area contributed by atoms with Crippen LogP contribution in [0.15, 0.2) is 24.5 Å². The summed E-state index contributed by atoms with van der Waals surface area (Å²) < 4.78 is 31.2. The summed E-state index contributed by atoms with van der Waals surface area (Å²) in [6.45, 7) is 2.23. The monoisotopic (exact) mass is 553 g/mol. The number of fused-ring (bicyclic) bond motifs is 2. The van der Waals surface area contributed by atoms with Crippen LogP contribution in [0.5, 0.6) is 11.6 Å². The van der Waals surface area contributed by atoms with E-state index in [4.69, 9.17) is 19.9 Å². The molecule has 1 aliphatic carbocycles. The Kier molecular flexibility index (Phi) is 7.02. The van der Waals surface area contributed by atoms with Gasteiger partial charge < -0.3 is 30.6 Å². The molecule has 2 atom stereocenters. The summed E-state index contributed by atoms with van der Waals surface area (Å²) in [5, 5.41) is 14.0. The van der Waals surface area contributed by atoms with E-state index < -0.39 is 6.09 Å². The van der Waals surface area contributed by atoms with Gasteiger partial charge in [-0.2, -0.15) is 9.90 Å². The van der Waals surface area contributed by atoms with Crippen LogP contribution >= 0.6 is 0 Å². The molecule has 2 aromatic heterocycles. The van der Waals surface area contributed by atoms with Gasteiger partial charge in [-0.1, -0.05) is 0 Å². The normalized spacial score (nSPS) is 19.6. The molecule has 40 heavy (non-hydrogen) atoms. The van der Waals surface area contributed by atoms with Gasteiger partial charge in [0.1, 0.15) is 24.3 Å². The highest BCUT2D eigenvalue weighted by atomic mass is 19.1. The second kappa shape index (κ2) is 10.9. The molecule has 0 saturated carbocycles. The third kappa shape index (κ3) is 5.59. The number of benzene rings is 1. The number of ether oxygens (including phenoxy) is 3. The summed E-state index contributed by atoms with van der Waals surface area (Å²) in [5.74, 6) is 1.15. The number of carbonyl (C=O) groups is 2. The van der Waals surface area contributed by atoms with Gasteiger partial charge in [-0.15, -0.1) is 5.10 Å². The quantitative estimate of drug-likeness (QED) is 0.305. The smallest absolute Gasteiger partial charge is 0.415 e. The first-order chi connectivity index (χ1) is 19.4. The first-order valence-corrected chi connectivity index (χ1v) is 13.0. The fraction of sp³-hybridized carbons (Fsp3) is 0.440. The second-order valence-electron chi connectivity index (χ2n) is 9.86. The van der Waals surface area contributed by atoms with Crippen LogP contribution in [0.2, 0.25) is 0 Å². The number of anilines is 3. The Balaban J connectivity index is 0.945. The first-order valence-electron chi connectivity index (χ1n) is 13.0. The van der Waals surface area contributed by atoms with E-state index in [0.29, 0.717) is 57.2 Å². The lowest BCUT2D eigenvalue weighted by atomic mass is 10.1. The van der Waals surface area contributed by atoms with Gasteiger partial charge in [0.05, 0.1) is 25.5 Å². The van der Waals surface area contributed by atoms with Crippen molar-refractivity contribution in [3.05, 3.63) is 41.5 Å². The number of hydrogen-bond acceptors (Lipinski definition) is 11. The van der Waals surface area contributed by atoms with Gasteiger partial charge in [0.2, 0.25) is 0 Å². The molecule has 6 rings (SSSR count). The SMILES string of the molecule is Nc1cnn(CCOc2cc(F)c3c(c2)CC(CNCCC2CN(c4cnc5c(n4)NC(=O)CO5)C(=O)O2)C3)n1. The topological polar surface area (TPSA) is 172 Å². The summed E-state index contributed by atoms with van der Waals surface area (Å²) in [6, 6.07) is 3.32. The predicted octanol–water partition coefficient (Wildman–Crippen LogP) is 0.919. The number of aromatic nitrogens is 5. The van der Waals surface area contributed by atoms with Crippen molar-refractivity contribution in [1.82, 2.24) is 30.3 Å². The Morgan fingerprint density at radius 3 is 3.00 bits per heavy atom. The van der Waals surface area contributed by atoms with E-state index >= 15 is 0 Å². The molecule has 2 aliphatic heterocycles. The van der Waals surface area contributed by atoms with Crippen molar-refractivity contribution < 1.29 is 28.2 Å². The lowest BCUT2D eigenvalue weighted by Gasteiger charge is -2.18. The van der Waals surface area contributed by atoms with Gasteiger partial charge in [0.25, 0.3) is 11.8 Å². The number of halogens is 1. The third-order valence-corrected chi connectivity index (χ3v) is 6.93. The maximum atomic E-state index is 14.8. The van der Waals surface area contributed by atoms with Crippen LogP contribution in [-0.4, -0.2) is 75.9 Å². The number of cyclic esters (lactones) is 1. The summed E-state index contributed by atoms with van der Waals surface area (Å²) in [4.78, 5) is 35.2. The Hall–Kier alpha value is -4.53. The van der Waals surface area contributed by atoms with Crippen molar-refractivity contribution in [3.63, 3.8) is 0 Å². The molecular formula is C25H28FN9O5. The maximum Gasteiger partial charge on any atom is 0.415 e. The number of nitrogens with one attached hydrogen (secondary N) is 2. The van der Waals surface area contributed by atoms with Crippen LogP contribution in [0.3, 0.4) is 0 Å². The molecular weight excluding hydrogens is 525 g/mol. The fourth-order valence-corrected chi connectivity index (χ4v) is 5.06. The van der Waals surface area contributed by atoms with Crippen LogP contribution in [0.4, 0.5) is 26.6 Å². The van der Waals surface area contributed by atoms with Crippen molar-refractivity contribution in [2.45, 2.75) is 31.9 Å². The highest BCUT2D eigenvalue weighted by Gasteiger charge is 2.34. The molecule has 2 amide bonds. The van der Waals surface area contributed by atoms with Gasteiger partial charge in [0, 0.05) is 6.07 Å². The van der Waals surface area contributed by atoms with Crippen LogP contribution in [0.1, 0.15) is 17.5 Å². The van der Waals surface area contributed by atoms with E-state index in [1.165, 1.54) is 28.2 Å². The van der Waals surface area contributed by atoms with Gasteiger partial charge >= 0.3 is 6.09 Å². The summed E-state index contributed by atoms with van der Waals surface area (Å²) >= 11 is 0. The van der Waals surface area contributed by atoms with Gasteiger partial charge in [-0.25, -0.2) is 19.2 Å². The molecule has 1 saturated heterocycles. The minimum atomic E-state index is -0.521. The fourth-order valence-electron chi connectivity index (χ4n) is 5.06. The maximum absolute atomic E-state index is 14.8. The molecule has 0 radical (unpaired) electrons. The molecule has 0 bridgehead atoms. The molecule has 15 heteroatoms. The van der Waals surface area contributed by atoms with Gasteiger partial charge in [-0.3, -0.25) is 9.69 Å². The number of nitrogens with zero attached hydrogens (tertiary/aromatic N) is 6. The average molecular weight is 554 g/mol. The van der Waals surface area contributed by atoms with E-state index in [0.717, 1.165) is 17.5 Å². The number of amides is 2. The van der Waals surface area contributed by atoms with Gasteiger partial charge in [-0.05, 0) is 55.5 Å². The van der Waals surface area contributed by atoms with Crippen LogP contribution in [0.25, 0.3) is 0 Å². The van der Waals surface area contributed by atoms with Crippen molar-refractivity contribution in [1.29, 1.82) is 0 Å². The summed E-state index contributed by atoms with van der Waals surface area (Å²) in [5.41, 5.74) is 7.24. The first kappa shape index (κ1) is 25.7. The van der Waals surface area contributed by atoms with E-state index in [1.807, 2.05) is 6.07 Å². The van der Waals surface area contributed by atoms with Crippen LogP contribution in [-0.2, 0) is 28.9 Å². The zero-order chi connectivity index (χ0) is 27.6. The Morgan fingerprint density at radius 2 is 2.15 bits per heavy atom. The Labute approximate surface area is 228 Å². The van der Waals surface area contributed by atoms with Crippen LogP contribution < -0.4 is 30.7 Å². The lowest BCUT2D eigenvalue weighted by molar-refractivity contribution is -0.118. The molecule has 4 heterocycles. The number of hydrogen-bond donors (Lipinski definition) is 3. The summed E-state index contributed by atoms with van der Waals surface area (Å²) in [6.07, 6.45) is 4.03. The molecule has 0 spiro atoms. The Bertz CT molecular complexity index is 1430. The molecule has 1 fully saturated rings. The van der Waals surface area contributed by atoms with E-state index in [-0.39, 0.29) is 47.9 Å². The third-order valence-electron chi connectivity index (χ3n) is 6.93. The minimum absolute atomic E-state index is 0.124. The van der Waals surface area contributed by atoms with Crippen molar-refractivity contribution in [2.75, 3.05) is 48.8 Å². The molecule has 3 aliphatic rings. The molecule has 210 valence electrons. The second-order valence-corrected chi connectivity index (χ2v) is 9.86. The van der Waals surface area contributed by atoms with E-state index in [2.05, 4.69) is 30.8 Å². The highest BCUT2D eigenvalue weighted by Crippen LogP contribution is 2.32. The molecule has 3 aromatic rings. The van der Waals surface area contributed by atoms with Crippen molar-refractivity contribution in [2.24, 2.45) is 5.92 Å². The zero-order valence-electron chi connectivity index (χ0n) is 21.5. The molecule has 2 unspecified atom stereocenters. The Morgan fingerprint density at radius 1 is 1.25 bits per heavy atom. The van der Waals surface area contributed by atoms with Crippen molar-refractivity contribution >= 4 is 29.5 Å². The average Bonchev–Trinajstić information content (AvgIpc) is 3.64. The van der Waals surface area contributed by atoms with E-state index in [9.17, 15) is 14.0 Å². The lowest BCUT2D eigenvalue weighted by Crippen LogP contribution is -2.30. The minimum Gasteiger partial charge on any atom is -0.491 e. The van der Waals surface area contributed by atoms with E-state index in [1.54, 1.807) is 0 Å². The number of carbonyl (C=O) groups excluding carboxylic acids is 2. The molecule has 14 nitrogen and oxygen atoms in total. The van der Waals surface area contributed by atoms with Crippen LogP contribution in [0, 0.1) is 11.7 Å². The van der Waals surface area contributed by atoms with Crippen molar-refractivity contribution in [3.8, 4) is 11.6 Å². The predicted molar refractivity (Wildman–Crippen MR) is 138 cm³/mol. The number of rotatable bonds is 10. The standard InChI is InChI=1S/C25H28FN9O5/c26-19-8-17(38-4-3-35-30-10-20(27)33-35)7-15-5-14(6-18(15)19)9-28-2-1-16-12-34(25(37)40-16)21-11-29-24-23(31-21)32-22(36)13-39-24/h7-8,10-11,14,16,28H,1-6,9,12-13H2,(H2,27,33)(H,31,32,36). The van der Waals surface area contributed by atoms with Gasteiger partial charge in [0.15, 0.2) is 24.1 Å². The largest absolute Gasteiger partial charge is 0.491 e. The number of nitrogens with two attached hydrogens (primary N) is 1. The molecule has 1 aromatic carbocycles. The summed E-state index contributed by atoms with van der Waals surface area (Å²) in [7, 11) is 0.